The van der Waals surface area contributed by atoms with Gasteiger partial charge in [0.1, 0.15) is 11.5 Å². The maximum Gasteiger partial charge on any atom is 0.329 e. The highest BCUT2D eigenvalue weighted by Gasteiger charge is 2.15. The molecule has 8 heteroatoms. The molecule has 27 heavy (non-hydrogen) atoms. The first kappa shape index (κ1) is 20.4. The number of para-hydroxylation sites is 2. The van der Waals surface area contributed by atoms with Gasteiger partial charge in [-0.3, -0.25) is 9.59 Å². The zero-order valence-corrected chi connectivity index (χ0v) is 16.6. The van der Waals surface area contributed by atoms with Crippen molar-refractivity contribution >= 4 is 39.6 Å². The number of methoxy groups -OCH3 is 1. The molecular formula is C19H20BrN3O4. The van der Waals surface area contributed by atoms with E-state index in [2.05, 4.69) is 31.8 Å². The van der Waals surface area contributed by atoms with Gasteiger partial charge in [0.15, 0.2) is 0 Å². The maximum atomic E-state index is 12.0. The summed E-state index contributed by atoms with van der Waals surface area (Å²) < 4.78 is 11.6. The second-order valence-corrected chi connectivity index (χ2v) is 6.30. The van der Waals surface area contributed by atoms with E-state index in [9.17, 15) is 9.59 Å². The summed E-state index contributed by atoms with van der Waals surface area (Å²) >= 11 is 3.38. The van der Waals surface area contributed by atoms with Gasteiger partial charge in [-0.15, -0.1) is 0 Å². The van der Waals surface area contributed by atoms with Gasteiger partial charge >= 0.3 is 11.8 Å². The van der Waals surface area contributed by atoms with E-state index in [1.54, 1.807) is 36.4 Å². The summed E-state index contributed by atoms with van der Waals surface area (Å²) in [6, 6.07) is 12.2. The molecule has 0 atom stereocenters. The molecule has 0 saturated carbocycles. The highest BCUT2D eigenvalue weighted by Crippen LogP contribution is 2.23. The Balaban J connectivity index is 2.00. The third-order valence-corrected chi connectivity index (χ3v) is 3.86. The van der Waals surface area contributed by atoms with Crippen molar-refractivity contribution in [3.8, 4) is 11.5 Å². The van der Waals surface area contributed by atoms with Gasteiger partial charge < -0.3 is 14.8 Å². The van der Waals surface area contributed by atoms with Crippen molar-refractivity contribution in [1.82, 2.24) is 5.43 Å². The molecule has 2 aromatic rings. The molecule has 0 aliphatic rings. The minimum atomic E-state index is -0.900. The lowest BCUT2D eigenvalue weighted by molar-refractivity contribution is -0.136. The lowest BCUT2D eigenvalue weighted by atomic mass is 10.2. The van der Waals surface area contributed by atoms with Gasteiger partial charge in [0.25, 0.3) is 0 Å². The van der Waals surface area contributed by atoms with Crippen molar-refractivity contribution in [3.63, 3.8) is 0 Å². The molecule has 0 aliphatic heterocycles. The van der Waals surface area contributed by atoms with Crippen LogP contribution >= 0.6 is 15.9 Å². The van der Waals surface area contributed by atoms with Gasteiger partial charge in [0, 0.05) is 10.0 Å². The molecule has 2 rings (SSSR count). The Morgan fingerprint density at radius 1 is 1.15 bits per heavy atom. The third kappa shape index (κ3) is 6.10. The molecule has 0 spiro atoms. The average Bonchev–Trinajstić information content (AvgIpc) is 2.67. The summed E-state index contributed by atoms with van der Waals surface area (Å²) in [5.41, 5.74) is 3.26. The van der Waals surface area contributed by atoms with E-state index in [-0.39, 0.29) is 0 Å². The molecule has 0 aromatic heterocycles. The van der Waals surface area contributed by atoms with Crippen molar-refractivity contribution in [2.45, 2.75) is 13.3 Å². The lowest BCUT2D eigenvalue weighted by Crippen LogP contribution is -2.32. The van der Waals surface area contributed by atoms with Crippen molar-refractivity contribution < 1.29 is 19.1 Å². The molecule has 0 unspecified atom stereocenters. The van der Waals surface area contributed by atoms with Crippen LogP contribution in [0.3, 0.4) is 0 Å². The van der Waals surface area contributed by atoms with Gasteiger partial charge in [0.05, 0.1) is 25.6 Å². The smallest absolute Gasteiger partial charge is 0.329 e. The van der Waals surface area contributed by atoms with Crippen LogP contribution in [0.15, 0.2) is 52.0 Å². The fourth-order valence-corrected chi connectivity index (χ4v) is 2.48. The molecule has 0 saturated heterocycles. The second kappa shape index (κ2) is 10.3. The van der Waals surface area contributed by atoms with Crippen LogP contribution in [0.1, 0.15) is 18.9 Å². The lowest BCUT2D eigenvalue weighted by Gasteiger charge is -2.09. The average molecular weight is 434 g/mol. The summed E-state index contributed by atoms with van der Waals surface area (Å²) in [4.78, 5) is 23.9. The molecule has 7 nitrogen and oxygen atoms in total. The summed E-state index contributed by atoms with van der Waals surface area (Å²) in [6.07, 6.45) is 2.29. The van der Waals surface area contributed by atoms with Crippen LogP contribution in [0.25, 0.3) is 0 Å². The maximum absolute atomic E-state index is 12.0. The number of benzene rings is 2. The molecule has 0 bridgehead atoms. The van der Waals surface area contributed by atoms with E-state index in [0.717, 1.165) is 10.9 Å². The van der Waals surface area contributed by atoms with E-state index in [1.165, 1.54) is 13.3 Å². The van der Waals surface area contributed by atoms with Crippen LogP contribution in [-0.2, 0) is 9.59 Å². The number of carbonyl (C=O) groups excluding carboxylic acids is 2. The van der Waals surface area contributed by atoms with Crippen LogP contribution < -0.4 is 20.2 Å². The van der Waals surface area contributed by atoms with E-state index < -0.39 is 11.8 Å². The number of amides is 2. The zero-order valence-electron chi connectivity index (χ0n) is 15.0. The largest absolute Gasteiger partial charge is 0.495 e. The standard InChI is InChI=1S/C19H20BrN3O4/c1-3-10-27-16-9-8-14(20)11-13(16)12-21-23-19(25)18(24)22-15-6-4-5-7-17(15)26-2/h4-9,11-12H,3,10H2,1-2H3,(H,22,24)(H,23,25)/b21-12-. The molecule has 2 amide bonds. The van der Waals surface area contributed by atoms with Crippen molar-refractivity contribution in [2.75, 3.05) is 19.0 Å². The quantitative estimate of drug-likeness (QED) is 0.398. The first-order valence-corrected chi connectivity index (χ1v) is 9.04. The highest BCUT2D eigenvalue weighted by molar-refractivity contribution is 9.10. The van der Waals surface area contributed by atoms with Crippen LogP contribution in [-0.4, -0.2) is 31.7 Å². The van der Waals surface area contributed by atoms with Gasteiger partial charge in [-0.2, -0.15) is 5.10 Å². The number of hydrogen-bond acceptors (Lipinski definition) is 5. The Labute approximate surface area is 165 Å². The SMILES string of the molecule is CCCOc1ccc(Br)cc1/C=N\NC(=O)C(=O)Nc1ccccc1OC. The molecule has 2 aromatic carbocycles. The second-order valence-electron chi connectivity index (χ2n) is 5.38. The van der Waals surface area contributed by atoms with Crippen molar-refractivity contribution in [1.29, 1.82) is 0 Å². The first-order valence-electron chi connectivity index (χ1n) is 8.25. The molecule has 0 heterocycles. The molecule has 0 fully saturated rings. The molecule has 0 aliphatic carbocycles. The van der Waals surface area contributed by atoms with Crippen LogP contribution in [0.2, 0.25) is 0 Å². The summed E-state index contributed by atoms with van der Waals surface area (Å²) in [7, 11) is 1.48. The van der Waals surface area contributed by atoms with Gasteiger partial charge in [-0.25, -0.2) is 5.43 Å². The summed E-state index contributed by atoms with van der Waals surface area (Å²) in [5, 5.41) is 6.32. The third-order valence-electron chi connectivity index (χ3n) is 3.36. The van der Waals surface area contributed by atoms with E-state index >= 15 is 0 Å². The fourth-order valence-electron chi connectivity index (χ4n) is 2.10. The molecule has 142 valence electrons. The van der Waals surface area contributed by atoms with Crippen LogP contribution in [0.5, 0.6) is 11.5 Å². The van der Waals surface area contributed by atoms with E-state index in [1.807, 2.05) is 13.0 Å². The number of hydrazone groups is 1. The number of nitrogens with one attached hydrogen (secondary N) is 2. The van der Waals surface area contributed by atoms with Gasteiger partial charge in [-0.1, -0.05) is 35.0 Å². The zero-order chi connectivity index (χ0) is 19.6. The number of rotatable bonds is 7. The van der Waals surface area contributed by atoms with Crippen molar-refractivity contribution in [2.24, 2.45) is 5.10 Å². The highest BCUT2D eigenvalue weighted by atomic mass is 79.9. The number of nitrogens with zero attached hydrogens (tertiary/aromatic N) is 1. The molecular weight excluding hydrogens is 414 g/mol. The first-order chi connectivity index (χ1) is 13.0. The predicted molar refractivity (Wildman–Crippen MR) is 107 cm³/mol. The topological polar surface area (TPSA) is 89.0 Å². The fraction of sp³-hybridized carbons (Fsp3) is 0.211. The molecule has 0 radical (unpaired) electrons. The Kier molecular flexibility index (Phi) is 7.81. The van der Waals surface area contributed by atoms with E-state index in [4.69, 9.17) is 9.47 Å². The van der Waals surface area contributed by atoms with Crippen LogP contribution in [0.4, 0.5) is 5.69 Å². The monoisotopic (exact) mass is 433 g/mol. The Bertz CT molecular complexity index is 839. The number of hydrogen-bond donors (Lipinski definition) is 2. The number of carbonyl (C=O) groups is 2. The normalized spacial score (nSPS) is 10.5. The van der Waals surface area contributed by atoms with Crippen LogP contribution in [0, 0.1) is 0 Å². The van der Waals surface area contributed by atoms with Crippen molar-refractivity contribution in [3.05, 3.63) is 52.5 Å². The Morgan fingerprint density at radius 3 is 2.67 bits per heavy atom. The number of anilines is 1. The van der Waals surface area contributed by atoms with E-state index in [0.29, 0.717) is 29.4 Å². The minimum absolute atomic E-state index is 0.395. The number of halogens is 1. The summed E-state index contributed by atoms with van der Waals surface area (Å²) in [5.74, 6) is -0.665. The Hall–Kier alpha value is -2.87. The summed E-state index contributed by atoms with van der Waals surface area (Å²) in [6.45, 7) is 2.57. The van der Waals surface area contributed by atoms with Gasteiger partial charge in [-0.05, 0) is 36.8 Å². The number of ether oxygens (including phenoxy) is 2. The minimum Gasteiger partial charge on any atom is -0.495 e. The predicted octanol–water partition coefficient (Wildman–Crippen LogP) is 3.34. The van der Waals surface area contributed by atoms with Gasteiger partial charge in [0.2, 0.25) is 0 Å². The Morgan fingerprint density at radius 2 is 1.93 bits per heavy atom. The molecule has 2 N–H and O–H groups in total.